The summed E-state index contributed by atoms with van der Waals surface area (Å²) in [5.74, 6) is -4.07. The number of carboxylic acids is 1. The molecule has 0 radical (unpaired) electrons. The normalized spacial score (nSPS) is 10.1. The van der Waals surface area contributed by atoms with Crippen LogP contribution in [0.5, 0.6) is 11.5 Å². The predicted molar refractivity (Wildman–Crippen MR) is 71.1 cm³/mol. The fourth-order valence-electron chi connectivity index (χ4n) is 1.75. The lowest BCUT2D eigenvalue weighted by molar-refractivity contribution is 0.0693. The minimum Gasteiger partial charge on any atom is -0.508 e. The van der Waals surface area contributed by atoms with Gasteiger partial charge < -0.3 is 20.6 Å². The Morgan fingerprint density at radius 1 is 1.10 bits per heavy atom. The van der Waals surface area contributed by atoms with Crippen LogP contribution in [0.25, 0.3) is 0 Å². The fraction of sp³-hybridized carbons (Fsp3) is 0. The van der Waals surface area contributed by atoms with Crippen molar-refractivity contribution in [3.8, 4) is 11.5 Å². The lowest BCUT2D eigenvalue weighted by Crippen LogP contribution is -2.16. The largest absolute Gasteiger partial charge is 0.508 e. The van der Waals surface area contributed by atoms with Gasteiger partial charge in [0, 0.05) is 6.07 Å². The van der Waals surface area contributed by atoms with Crippen molar-refractivity contribution >= 4 is 17.6 Å². The Morgan fingerprint density at radius 2 is 1.81 bits per heavy atom. The van der Waals surface area contributed by atoms with Gasteiger partial charge in [0.05, 0.1) is 11.3 Å². The molecule has 0 saturated heterocycles. The highest BCUT2D eigenvalue weighted by Gasteiger charge is 2.19. The first kappa shape index (κ1) is 14.3. The van der Waals surface area contributed by atoms with Gasteiger partial charge in [-0.15, -0.1) is 0 Å². The van der Waals surface area contributed by atoms with E-state index in [1.54, 1.807) is 0 Å². The van der Waals surface area contributed by atoms with Gasteiger partial charge in [-0.2, -0.15) is 0 Å². The third-order valence-corrected chi connectivity index (χ3v) is 2.70. The molecule has 1 amide bonds. The number of anilines is 1. The average molecular weight is 291 g/mol. The minimum atomic E-state index is -1.53. The molecule has 2 aromatic carbocycles. The predicted octanol–water partition coefficient (Wildman–Crippen LogP) is 2.19. The number of phenolic OH excluding ortho intramolecular Hbond substituents is 2. The van der Waals surface area contributed by atoms with Crippen LogP contribution < -0.4 is 5.32 Å². The van der Waals surface area contributed by atoms with Gasteiger partial charge >= 0.3 is 5.97 Å². The molecular formula is C14H10FNO5. The summed E-state index contributed by atoms with van der Waals surface area (Å²) < 4.78 is 13.5. The second-order valence-electron chi connectivity index (χ2n) is 4.12. The van der Waals surface area contributed by atoms with Crippen LogP contribution >= 0.6 is 0 Å². The standard InChI is InChI=1S/C14H10FNO5/c15-9-2-1-3-10(12(9)14(20)21)16-13(19)8-5-4-7(17)6-11(8)18/h1-6,17-18H,(H,16,19)(H,20,21). The summed E-state index contributed by atoms with van der Waals surface area (Å²) >= 11 is 0. The lowest BCUT2D eigenvalue weighted by Gasteiger charge is -2.10. The third kappa shape index (κ3) is 2.92. The Kier molecular flexibility index (Phi) is 3.75. The maximum absolute atomic E-state index is 13.5. The lowest BCUT2D eigenvalue weighted by atomic mass is 10.1. The van der Waals surface area contributed by atoms with Gasteiger partial charge in [-0.05, 0) is 24.3 Å². The number of amides is 1. The van der Waals surface area contributed by atoms with Crippen LogP contribution in [0.2, 0.25) is 0 Å². The summed E-state index contributed by atoms with van der Waals surface area (Å²) in [6.07, 6.45) is 0. The molecule has 7 heteroatoms. The summed E-state index contributed by atoms with van der Waals surface area (Å²) in [5.41, 5.74) is -1.10. The summed E-state index contributed by atoms with van der Waals surface area (Å²) in [6.45, 7) is 0. The van der Waals surface area contributed by atoms with Crippen LogP contribution in [0.1, 0.15) is 20.7 Å². The van der Waals surface area contributed by atoms with Crippen LogP contribution in [0, 0.1) is 5.82 Å². The monoisotopic (exact) mass is 291 g/mol. The molecule has 0 fully saturated rings. The molecule has 0 aliphatic rings. The number of phenols is 2. The second-order valence-corrected chi connectivity index (χ2v) is 4.12. The van der Waals surface area contributed by atoms with E-state index in [2.05, 4.69) is 5.32 Å². The molecule has 0 aliphatic carbocycles. The molecular weight excluding hydrogens is 281 g/mol. The zero-order valence-electron chi connectivity index (χ0n) is 10.5. The Bertz CT molecular complexity index is 729. The minimum absolute atomic E-state index is 0.187. The van der Waals surface area contributed by atoms with Crippen LogP contribution in [0.3, 0.4) is 0 Å². The maximum atomic E-state index is 13.5. The number of benzene rings is 2. The van der Waals surface area contributed by atoms with Gasteiger partial charge in [-0.3, -0.25) is 4.79 Å². The van der Waals surface area contributed by atoms with Crippen molar-refractivity contribution in [3.63, 3.8) is 0 Å². The van der Waals surface area contributed by atoms with Crippen LogP contribution in [-0.4, -0.2) is 27.2 Å². The third-order valence-electron chi connectivity index (χ3n) is 2.70. The number of nitrogens with one attached hydrogen (secondary N) is 1. The molecule has 0 unspecified atom stereocenters. The molecule has 0 heterocycles. The van der Waals surface area contributed by atoms with E-state index in [0.717, 1.165) is 18.2 Å². The fourth-order valence-corrected chi connectivity index (χ4v) is 1.75. The highest BCUT2D eigenvalue weighted by Crippen LogP contribution is 2.25. The van der Waals surface area contributed by atoms with Crippen LogP contribution in [0.4, 0.5) is 10.1 Å². The van der Waals surface area contributed by atoms with E-state index in [9.17, 15) is 19.1 Å². The number of rotatable bonds is 3. The molecule has 0 aliphatic heterocycles. The number of aromatic carboxylic acids is 1. The van der Waals surface area contributed by atoms with Gasteiger partial charge in [0.2, 0.25) is 0 Å². The average Bonchev–Trinajstić information content (AvgIpc) is 2.37. The quantitative estimate of drug-likeness (QED) is 0.693. The van der Waals surface area contributed by atoms with Gasteiger partial charge in [0.25, 0.3) is 5.91 Å². The van der Waals surface area contributed by atoms with E-state index in [4.69, 9.17) is 10.2 Å². The number of hydrogen-bond donors (Lipinski definition) is 4. The van der Waals surface area contributed by atoms with Crippen molar-refractivity contribution in [1.29, 1.82) is 0 Å². The highest BCUT2D eigenvalue weighted by atomic mass is 19.1. The Balaban J connectivity index is 2.36. The molecule has 21 heavy (non-hydrogen) atoms. The Hall–Kier alpha value is -3.09. The molecule has 0 saturated carbocycles. The number of carbonyl (C=O) groups excluding carboxylic acids is 1. The summed E-state index contributed by atoms with van der Waals surface area (Å²) in [5, 5.41) is 29.9. The number of carboxylic acid groups (broad SMARTS) is 1. The van der Waals surface area contributed by atoms with E-state index < -0.39 is 29.0 Å². The van der Waals surface area contributed by atoms with Gasteiger partial charge in [-0.1, -0.05) is 6.07 Å². The summed E-state index contributed by atoms with van der Waals surface area (Å²) in [6, 6.07) is 6.71. The van der Waals surface area contributed by atoms with E-state index in [-0.39, 0.29) is 17.0 Å². The van der Waals surface area contributed by atoms with Crippen LogP contribution in [-0.2, 0) is 0 Å². The first-order valence-corrected chi connectivity index (χ1v) is 5.75. The van der Waals surface area contributed by atoms with E-state index >= 15 is 0 Å². The van der Waals surface area contributed by atoms with Crippen molar-refractivity contribution in [2.45, 2.75) is 0 Å². The second kappa shape index (κ2) is 5.49. The Labute approximate surface area is 118 Å². The summed E-state index contributed by atoms with van der Waals surface area (Å²) in [7, 11) is 0. The summed E-state index contributed by atoms with van der Waals surface area (Å²) in [4.78, 5) is 23.0. The SMILES string of the molecule is O=C(Nc1cccc(F)c1C(=O)O)c1ccc(O)cc1O. The molecule has 0 bridgehead atoms. The number of halogens is 1. The van der Waals surface area contributed by atoms with Gasteiger partial charge in [0.1, 0.15) is 22.9 Å². The van der Waals surface area contributed by atoms with E-state index in [1.165, 1.54) is 18.2 Å². The van der Waals surface area contributed by atoms with Crippen molar-refractivity contribution in [2.75, 3.05) is 5.32 Å². The van der Waals surface area contributed by atoms with E-state index in [0.29, 0.717) is 0 Å². The first-order chi connectivity index (χ1) is 9.90. The molecule has 0 aromatic heterocycles. The molecule has 6 nitrogen and oxygen atoms in total. The Morgan fingerprint density at radius 3 is 2.43 bits per heavy atom. The van der Waals surface area contributed by atoms with Gasteiger partial charge in [0.15, 0.2) is 0 Å². The number of aromatic hydroxyl groups is 2. The number of carbonyl (C=O) groups is 2. The molecule has 4 N–H and O–H groups in total. The number of hydrogen-bond acceptors (Lipinski definition) is 4. The van der Waals surface area contributed by atoms with Crippen molar-refractivity contribution in [1.82, 2.24) is 0 Å². The maximum Gasteiger partial charge on any atom is 0.340 e. The van der Waals surface area contributed by atoms with E-state index in [1.807, 2.05) is 0 Å². The first-order valence-electron chi connectivity index (χ1n) is 5.75. The molecule has 2 aromatic rings. The molecule has 0 atom stereocenters. The zero-order chi connectivity index (χ0) is 15.6. The van der Waals surface area contributed by atoms with Crippen molar-refractivity contribution in [3.05, 3.63) is 53.3 Å². The topological polar surface area (TPSA) is 107 Å². The van der Waals surface area contributed by atoms with Crippen molar-refractivity contribution in [2.24, 2.45) is 0 Å². The van der Waals surface area contributed by atoms with Crippen molar-refractivity contribution < 1.29 is 29.3 Å². The molecule has 108 valence electrons. The smallest absolute Gasteiger partial charge is 0.340 e. The van der Waals surface area contributed by atoms with Crippen LogP contribution in [0.15, 0.2) is 36.4 Å². The van der Waals surface area contributed by atoms with Gasteiger partial charge in [-0.25, -0.2) is 9.18 Å². The highest BCUT2D eigenvalue weighted by molar-refractivity contribution is 6.09. The molecule has 2 rings (SSSR count). The molecule has 0 spiro atoms. The zero-order valence-corrected chi connectivity index (χ0v) is 10.5.